The van der Waals surface area contributed by atoms with Gasteiger partial charge in [0.1, 0.15) is 17.5 Å². The molecule has 5 aliphatic carbocycles. The van der Waals surface area contributed by atoms with E-state index in [1.165, 1.54) is 68.5 Å². The van der Waals surface area contributed by atoms with Crippen molar-refractivity contribution in [2.24, 2.45) is 17.3 Å². The van der Waals surface area contributed by atoms with Gasteiger partial charge in [-0.15, -0.1) is 0 Å². The highest BCUT2D eigenvalue weighted by atomic mass is 79.9. The lowest BCUT2D eigenvalue weighted by Gasteiger charge is -2.74. The molecule has 5 heteroatoms. The van der Waals surface area contributed by atoms with Gasteiger partial charge in [-0.3, -0.25) is 4.90 Å². The third-order valence-electron chi connectivity index (χ3n) is 11.5. The van der Waals surface area contributed by atoms with E-state index in [9.17, 15) is 0 Å². The molecule has 0 radical (unpaired) electrons. The van der Waals surface area contributed by atoms with Crippen molar-refractivity contribution in [1.82, 2.24) is 4.90 Å². The van der Waals surface area contributed by atoms with Crippen LogP contribution in [0.5, 0.6) is 5.75 Å². The number of aryl methyl sites for hydroxylation is 1. The number of piperidine rings is 1. The molecule has 4 saturated carbocycles. The molecule has 6 atom stereocenters. The topological polar surface area (TPSA) is 30.9 Å². The van der Waals surface area contributed by atoms with Gasteiger partial charge in [-0.1, -0.05) is 40.2 Å². The summed E-state index contributed by atoms with van der Waals surface area (Å²) in [6, 6.07) is 13.8. The van der Waals surface area contributed by atoms with Crippen molar-refractivity contribution in [2.75, 3.05) is 26.8 Å². The molecule has 0 amide bonds. The van der Waals surface area contributed by atoms with E-state index in [1.54, 1.807) is 11.1 Å². The summed E-state index contributed by atoms with van der Waals surface area (Å²) in [5, 5.41) is 0. The van der Waals surface area contributed by atoms with Crippen LogP contribution in [0.4, 0.5) is 0 Å². The Balaban J connectivity index is 1.20. The highest BCUT2D eigenvalue weighted by Gasteiger charge is 2.80. The van der Waals surface area contributed by atoms with Gasteiger partial charge in [0.15, 0.2) is 0 Å². The molecule has 1 saturated heterocycles. The molecule has 2 heterocycles. The van der Waals surface area contributed by atoms with E-state index in [4.69, 9.17) is 14.2 Å². The summed E-state index contributed by atoms with van der Waals surface area (Å²) in [5.74, 6) is 2.46. The van der Waals surface area contributed by atoms with Gasteiger partial charge in [-0.2, -0.15) is 0 Å². The maximum Gasteiger partial charge on any atom is 0.138 e. The number of halogens is 1. The van der Waals surface area contributed by atoms with Crippen LogP contribution in [-0.4, -0.2) is 49.5 Å². The number of methoxy groups -OCH3 is 1. The highest BCUT2D eigenvalue weighted by Crippen LogP contribution is 2.76. The minimum Gasteiger partial charge on any atom is -0.486 e. The normalized spacial score (nSPS) is 38.9. The smallest absolute Gasteiger partial charge is 0.138 e. The van der Waals surface area contributed by atoms with E-state index in [-0.39, 0.29) is 22.5 Å². The van der Waals surface area contributed by atoms with Crippen molar-refractivity contribution in [1.29, 1.82) is 0 Å². The monoisotopic (exact) mass is 563 g/mol. The van der Waals surface area contributed by atoms with Gasteiger partial charge >= 0.3 is 0 Å². The van der Waals surface area contributed by atoms with Crippen LogP contribution in [0.1, 0.15) is 60.8 Å². The summed E-state index contributed by atoms with van der Waals surface area (Å²) in [4.78, 5) is 2.92. The zero-order valence-electron chi connectivity index (χ0n) is 22.1. The van der Waals surface area contributed by atoms with E-state index in [0.29, 0.717) is 18.6 Å². The Labute approximate surface area is 229 Å². The van der Waals surface area contributed by atoms with Crippen molar-refractivity contribution in [3.05, 3.63) is 63.1 Å². The average Bonchev–Trinajstić information content (AvgIpc) is 3.64. The fraction of sp³-hybridized carbons (Fsp3) is 0.625. The van der Waals surface area contributed by atoms with Gasteiger partial charge in [0.25, 0.3) is 0 Å². The lowest BCUT2D eigenvalue weighted by atomic mass is 9.35. The van der Waals surface area contributed by atoms with Gasteiger partial charge in [-0.05, 0) is 93.2 Å². The van der Waals surface area contributed by atoms with Crippen molar-refractivity contribution in [3.63, 3.8) is 0 Å². The molecular formula is C32H38BrNO3. The summed E-state index contributed by atoms with van der Waals surface area (Å²) >= 11 is 3.61. The summed E-state index contributed by atoms with van der Waals surface area (Å²) in [6.07, 6.45) is 8.85. The van der Waals surface area contributed by atoms with Crippen LogP contribution in [0, 0.1) is 24.2 Å². The molecule has 7 aliphatic rings. The first-order valence-corrected chi connectivity index (χ1v) is 15.2. The standard InChI is InChI=1S/C32H38BrNO3/c1-20-6-9-23-15-26-30-10-11-32(35-2,24(16-30)19-36-18-22-4-3-5-25(33)14-22)29-31(30,27(23)28(20)37-29)12-13-34(26)17-21-7-8-21/h3-6,9,14,21,24,26,29H,7-8,10-13,15-19H2,1-2H3/t24-,26-,29-,30?,31+,32?/m1/s1. The van der Waals surface area contributed by atoms with Crippen LogP contribution >= 0.6 is 15.9 Å². The molecule has 0 N–H and O–H groups in total. The number of hydrogen-bond donors (Lipinski definition) is 0. The third-order valence-corrected chi connectivity index (χ3v) is 12.0. The van der Waals surface area contributed by atoms with E-state index in [2.05, 4.69) is 64.2 Å². The van der Waals surface area contributed by atoms with E-state index < -0.39 is 0 Å². The lowest BCUT2D eigenvalue weighted by molar-refractivity contribution is -0.283. The Morgan fingerprint density at radius 3 is 2.84 bits per heavy atom. The Hall–Kier alpha value is -1.40. The Morgan fingerprint density at radius 2 is 2.03 bits per heavy atom. The quantitative estimate of drug-likeness (QED) is 0.401. The first-order valence-electron chi connectivity index (χ1n) is 14.4. The highest BCUT2D eigenvalue weighted by molar-refractivity contribution is 9.10. The van der Waals surface area contributed by atoms with Crippen LogP contribution < -0.4 is 4.74 Å². The van der Waals surface area contributed by atoms with Gasteiger partial charge < -0.3 is 14.2 Å². The first kappa shape index (κ1) is 23.5. The van der Waals surface area contributed by atoms with Crippen LogP contribution in [0.3, 0.4) is 0 Å². The van der Waals surface area contributed by atoms with Gasteiger partial charge in [0, 0.05) is 46.5 Å². The molecule has 196 valence electrons. The minimum absolute atomic E-state index is 0.0850. The summed E-state index contributed by atoms with van der Waals surface area (Å²) in [5.41, 5.74) is 5.69. The van der Waals surface area contributed by atoms with Crippen molar-refractivity contribution >= 4 is 15.9 Å². The van der Waals surface area contributed by atoms with Crippen LogP contribution in [-0.2, 0) is 27.9 Å². The van der Waals surface area contributed by atoms with E-state index in [0.717, 1.165) is 23.4 Å². The number of ether oxygens (including phenoxy) is 3. The van der Waals surface area contributed by atoms with Crippen LogP contribution in [0.15, 0.2) is 40.9 Å². The predicted molar refractivity (Wildman–Crippen MR) is 147 cm³/mol. The van der Waals surface area contributed by atoms with E-state index >= 15 is 0 Å². The lowest BCUT2D eigenvalue weighted by Crippen LogP contribution is -2.81. The van der Waals surface area contributed by atoms with Gasteiger partial charge in [-0.25, -0.2) is 0 Å². The maximum atomic E-state index is 7.17. The largest absolute Gasteiger partial charge is 0.486 e. The first-order chi connectivity index (χ1) is 18.0. The van der Waals surface area contributed by atoms with Gasteiger partial charge in [0.2, 0.25) is 0 Å². The molecule has 2 unspecified atom stereocenters. The molecule has 2 spiro atoms. The summed E-state index contributed by atoms with van der Waals surface area (Å²) in [7, 11) is 1.94. The molecule has 4 nitrogen and oxygen atoms in total. The number of fused-ring (bicyclic) bond motifs is 2. The SMILES string of the molecule is COC12CCC3(C[C@@H]1COCc1cccc(Br)c1)[C@H]1Cc4ccc(C)c5c4[C@@]3(CCN1CC1CC1)[C@H]2O5. The Morgan fingerprint density at radius 1 is 1.14 bits per heavy atom. The number of rotatable bonds is 7. The second-order valence-electron chi connectivity index (χ2n) is 13.0. The van der Waals surface area contributed by atoms with Crippen molar-refractivity contribution < 1.29 is 14.2 Å². The minimum atomic E-state index is -0.289. The van der Waals surface area contributed by atoms with Crippen LogP contribution in [0.25, 0.3) is 0 Å². The molecule has 9 rings (SSSR count). The molecule has 2 aromatic rings. The van der Waals surface area contributed by atoms with Gasteiger partial charge in [0.05, 0.1) is 13.2 Å². The van der Waals surface area contributed by atoms with Crippen molar-refractivity contribution in [2.45, 2.75) is 81.6 Å². The molecular weight excluding hydrogens is 526 g/mol. The second-order valence-corrected chi connectivity index (χ2v) is 13.9. The molecule has 5 fully saturated rings. The zero-order chi connectivity index (χ0) is 25.0. The second kappa shape index (κ2) is 8.06. The number of hydrogen-bond acceptors (Lipinski definition) is 4. The molecule has 0 aromatic heterocycles. The molecule has 37 heavy (non-hydrogen) atoms. The molecule has 4 bridgehead atoms. The predicted octanol–water partition coefficient (Wildman–Crippen LogP) is 6.20. The maximum absolute atomic E-state index is 7.17. The van der Waals surface area contributed by atoms with E-state index in [1.807, 2.05) is 7.11 Å². The summed E-state index contributed by atoms with van der Waals surface area (Å²) in [6.45, 7) is 6.11. The van der Waals surface area contributed by atoms with Crippen LogP contribution in [0.2, 0.25) is 0 Å². The summed E-state index contributed by atoms with van der Waals surface area (Å²) < 4.78 is 21.4. The Kier molecular flexibility index (Phi) is 5.12. The molecule has 2 aliphatic heterocycles. The average molecular weight is 565 g/mol. The van der Waals surface area contributed by atoms with Crippen molar-refractivity contribution in [3.8, 4) is 5.75 Å². The fourth-order valence-electron chi connectivity index (χ4n) is 9.84. The number of likely N-dealkylation sites (tertiary alicyclic amines) is 1. The molecule has 2 aromatic carbocycles. The number of nitrogens with zero attached hydrogens (tertiary/aromatic N) is 1. The fourth-order valence-corrected chi connectivity index (χ4v) is 10.3. The Bertz CT molecular complexity index is 1260. The number of benzene rings is 2. The zero-order valence-corrected chi connectivity index (χ0v) is 23.7. The third kappa shape index (κ3) is 3.01.